The zero-order valence-corrected chi connectivity index (χ0v) is 34.9. The summed E-state index contributed by atoms with van der Waals surface area (Å²) in [7, 11) is 4.39. The Kier molecular flexibility index (Phi) is 19.9. The lowest BCUT2D eigenvalue weighted by Gasteiger charge is -2.54. The number of aliphatic carboxylic acids is 1. The maximum Gasteiger partial charge on any atom is 0.330 e. The van der Waals surface area contributed by atoms with Gasteiger partial charge in [0.2, 0.25) is 0 Å². The van der Waals surface area contributed by atoms with Crippen molar-refractivity contribution in [2.45, 2.75) is 136 Å². The minimum atomic E-state index is -1.59. The fourth-order valence-corrected chi connectivity index (χ4v) is 7.27. The Morgan fingerprint density at radius 1 is 0.895 bits per heavy atom. The van der Waals surface area contributed by atoms with Crippen LogP contribution < -0.4 is 4.74 Å². The zero-order valence-electron chi connectivity index (χ0n) is 34.9. The number of carboxylic acid groups (broad SMARTS) is 1. The number of esters is 2. The number of ketones is 1. The Morgan fingerprint density at radius 2 is 1.56 bits per heavy atom. The number of rotatable bonds is 26. The third-order valence-corrected chi connectivity index (χ3v) is 10.6. The molecule has 316 valence electrons. The lowest BCUT2D eigenvalue weighted by Crippen LogP contribution is -2.61. The molecule has 3 rings (SSSR count). The van der Waals surface area contributed by atoms with Gasteiger partial charge in [0.1, 0.15) is 18.1 Å². The number of Topliss-reactive ketones (excluding diaryl/α,β-unsaturated/α-hetero) is 1. The zero-order chi connectivity index (χ0) is 41.8. The van der Waals surface area contributed by atoms with Crippen molar-refractivity contribution in [3.05, 3.63) is 77.4 Å². The molecule has 0 amide bonds. The fraction of sp³-hybridized carbons (Fsp3) is 0.600. The first-order valence-electron chi connectivity index (χ1n) is 20.1. The summed E-state index contributed by atoms with van der Waals surface area (Å²) in [4.78, 5) is 50.6. The van der Waals surface area contributed by atoms with Crippen LogP contribution in [0.4, 0.5) is 0 Å². The number of benzene rings is 2. The Morgan fingerprint density at radius 3 is 2.19 bits per heavy atom. The van der Waals surface area contributed by atoms with Crippen molar-refractivity contribution in [2.24, 2.45) is 11.3 Å². The summed E-state index contributed by atoms with van der Waals surface area (Å²) in [5.74, 6) is -4.01. The van der Waals surface area contributed by atoms with Crippen LogP contribution in [0.25, 0.3) is 0 Å². The second-order valence-corrected chi connectivity index (χ2v) is 15.4. The Balaban J connectivity index is 2.02. The van der Waals surface area contributed by atoms with Crippen LogP contribution in [-0.4, -0.2) is 80.8 Å². The molecule has 2 aromatic carbocycles. The van der Waals surface area contributed by atoms with Crippen molar-refractivity contribution in [2.75, 3.05) is 27.9 Å². The van der Waals surface area contributed by atoms with Crippen molar-refractivity contribution < 1.29 is 57.4 Å². The number of methoxy groups -OCH3 is 3. The van der Waals surface area contributed by atoms with Crippen LogP contribution in [0, 0.1) is 11.3 Å². The standard InChI is InChI=1S/C45H64O12/c1-8-9-10-11-15-18-36(46)27-39-35(26-43(50)52-6)25-38(57-45(39,53-7)44(3,4)31-56-42(49)24-23-41(47)48)28-40(32(2)54-29-33-16-13-12-14-17-33)55-30-34-19-21-37(51-5)22-20-34/h12-14,16-17,19-22,26,32,38-40H,8-11,15,18,23-25,27-31H2,1-7H3,(H,47,48)/t32-,38+,39+,40-,45-/m1/s1. The van der Waals surface area contributed by atoms with E-state index in [1.165, 1.54) is 20.3 Å². The molecule has 2 aromatic rings. The topological polar surface area (TPSA) is 153 Å². The van der Waals surface area contributed by atoms with Gasteiger partial charge in [0.15, 0.2) is 5.79 Å². The van der Waals surface area contributed by atoms with Crippen molar-refractivity contribution in [1.82, 2.24) is 0 Å². The molecule has 1 N–H and O–H groups in total. The third-order valence-electron chi connectivity index (χ3n) is 10.6. The minimum absolute atomic E-state index is 0.00590. The summed E-state index contributed by atoms with van der Waals surface area (Å²) in [5.41, 5.74) is 1.43. The van der Waals surface area contributed by atoms with Gasteiger partial charge in [-0.05, 0) is 43.0 Å². The van der Waals surface area contributed by atoms with Crippen LogP contribution in [0.2, 0.25) is 0 Å². The molecule has 0 aliphatic carbocycles. The van der Waals surface area contributed by atoms with Gasteiger partial charge < -0.3 is 38.3 Å². The molecule has 1 heterocycles. The van der Waals surface area contributed by atoms with Gasteiger partial charge in [0.25, 0.3) is 0 Å². The normalized spacial score (nSPS) is 20.1. The molecule has 0 saturated carbocycles. The monoisotopic (exact) mass is 796 g/mol. The molecule has 1 saturated heterocycles. The second kappa shape index (κ2) is 24.0. The van der Waals surface area contributed by atoms with E-state index in [0.717, 1.165) is 49.0 Å². The van der Waals surface area contributed by atoms with Crippen LogP contribution in [0.5, 0.6) is 5.75 Å². The smallest absolute Gasteiger partial charge is 0.330 e. The van der Waals surface area contributed by atoms with E-state index in [9.17, 15) is 19.2 Å². The molecule has 0 spiro atoms. The summed E-state index contributed by atoms with van der Waals surface area (Å²) in [6, 6.07) is 17.4. The van der Waals surface area contributed by atoms with Crippen LogP contribution in [0.3, 0.4) is 0 Å². The Labute approximate surface area is 338 Å². The predicted octanol–water partition coefficient (Wildman–Crippen LogP) is 8.18. The maximum absolute atomic E-state index is 13.7. The summed E-state index contributed by atoms with van der Waals surface area (Å²) < 4.78 is 42.5. The van der Waals surface area contributed by atoms with Crippen molar-refractivity contribution in [1.29, 1.82) is 0 Å². The lowest BCUT2D eigenvalue weighted by molar-refractivity contribution is -0.341. The lowest BCUT2D eigenvalue weighted by atomic mass is 9.68. The van der Waals surface area contributed by atoms with Gasteiger partial charge in [-0.1, -0.05) is 94.5 Å². The molecule has 1 aliphatic heterocycles. The highest BCUT2D eigenvalue weighted by Crippen LogP contribution is 2.51. The molecule has 12 nitrogen and oxygen atoms in total. The van der Waals surface area contributed by atoms with E-state index in [4.69, 9.17) is 38.3 Å². The van der Waals surface area contributed by atoms with Gasteiger partial charge in [-0.15, -0.1) is 0 Å². The van der Waals surface area contributed by atoms with E-state index in [1.807, 2.05) is 75.4 Å². The van der Waals surface area contributed by atoms with Crippen molar-refractivity contribution in [3.8, 4) is 5.75 Å². The van der Waals surface area contributed by atoms with E-state index in [2.05, 4.69) is 6.92 Å². The molecule has 0 aromatic heterocycles. The first kappa shape index (κ1) is 47.3. The molecule has 12 heteroatoms. The number of carbonyl (C=O) groups excluding carboxylic acids is 3. The van der Waals surface area contributed by atoms with Gasteiger partial charge in [0.05, 0.1) is 64.0 Å². The van der Waals surface area contributed by atoms with Crippen molar-refractivity contribution >= 4 is 23.7 Å². The quantitative estimate of drug-likeness (QED) is 0.0555. The third kappa shape index (κ3) is 15.0. The molecule has 5 atom stereocenters. The predicted molar refractivity (Wildman–Crippen MR) is 214 cm³/mol. The highest BCUT2D eigenvalue weighted by Gasteiger charge is 2.58. The minimum Gasteiger partial charge on any atom is -0.497 e. The average molecular weight is 797 g/mol. The SMILES string of the molecule is CCCCCCCC(=O)C[C@H]1C(=CC(=O)OC)C[C@@H](C[C@@H](OCc2ccc(OC)cc2)[C@@H](C)OCc2ccccc2)O[C@@]1(OC)C(C)(C)COC(=O)CCC(=O)O. The molecular formula is C45H64O12. The van der Waals surface area contributed by atoms with Crippen LogP contribution in [-0.2, 0) is 60.8 Å². The number of carbonyl (C=O) groups is 4. The Hall–Kier alpha value is -4.10. The average Bonchev–Trinajstić information content (AvgIpc) is 3.20. The highest BCUT2D eigenvalue weighted by atomic mass is 16.7. The number of ether oxygens (including phenoxy) is 7. The van der Waals surface area contributed by atoms with Gasteiger partial charge >= 0.3 is 17.9 Å². The molecule has 0 unspecified atom stereocenters. The van der Waals surface area contributed by atoms with E-state index in [0.29, 0.717) is 25.0 Å². The molecule has 1 aliphatic rings. The van der Waals surface area contributed by atoms with E-state index in [-0.39, 0.29) is 44.7 Å². The van der Waals surface area contributed by atoms with Crippen LogP contribution >= 0.6 is 0 Å². The summed E-state index contributed by atoms with van der Waals surface area (Å²) in [5, 5.41) is 9.13. The molecular weight excluding hydrogens is 732 g/mol. The highest BCUT2D eigenvalue weighted by molar-refractivity contribution is 5.84. The molecule has 1 fully saturated rings. The largest absolute Gasteiger partial charge is 0.497 e. The van der Waals surface area contributed by atoms with Crippen molar-refractivity contribution in [3.63, 3.8) is 0 Å². The van der Waals surface area contributed by atoms with Crippen LogP contribution in [0.1, 0.15) is 109 Å². The number of hydrogen-bond donors (Lipinski definition) is 1. The number of hydrogen-bond acceptors (Lipinski definition) is 11. The van der Waals surface area contributed by atoms with Gasteiger partial charge in [-0.25, -0.2) is 4.79 Å². The first-order valence-corrected chi connectivity index (χ1v) is 20.1. The molecule has 57 heavy (non-hydrogen) atoms. The molecule has 0 radical (unpaired) electrons. The Bertz CT molecular complexity index is 1570. The second-order valence-electron chi connectivity index (χ2n) is 15.4. The summed E-state index contributed by atoms with van der Waals surface area (Å²) >= 11 is 0. The fourth-order valence-electron chi connectivity index (χ4n) is 7.27. The van der Waals surface area contributed by atoms with Gasteiger partial charge in [0, 0.05) is 38.4 Å². The summed E-state index contributed by atoms with van der Waals surface area (Å²) in [6.07, 6.45) is 5.05. The van der Waals surface area contributed by atoms with Crippen LogP contribution in [0.15, 0.2) is 66.2 Å². The number of unbranched alkanes of at least 4 members (excludes halogenated alkanes) is 4. The van der Waals surface area contributed by atoms with E-state index >= 15 is 0 Å². The van der Waals surface area contributed by atoms with Gasteiger partial charge in [-0.3, -0.25) is 14.4 Å². The maximum atomic E-state index is 13.7. The van der Waals surface area contributed by atoms with Gasteiger partial charge in [-0.2, -0.15) is 0 Å². The molecule has 0 bridgehead atoms. The van der Waals surface area contributed by atoms with E-state index < -0.39 is 53.3 Å². The summed E-state index contributed by atoms with van der Waals surface area (Å²) in [6.45, 7) is 8.12. The first-order chi connectivity index (χ1) is 27.3. The number of carboxylic acids is 1. The van der Waals surface area contributed by atoms with E-state index in [1.54, 1.807) is 7.11 Å².